The number of hydrogen-bond acceptors (Lipinski definition) is 4. The van der Waals surface area contributed by atoms with Crippen molar-refractivity contribution < 1.29 is 24.6 Å². The van der Waals surface area contributed by atoms with E-state index in [2.05, 4.69) is 14.1 Å². The molecule has 7 heteroatoms. The third kappa shape index (κ3) is 3.66. The fourth-order valence-corrected chi connectivity index (χ4v) is 3.10. The van der Waals surface area contributed by atoms with Gasteiger partial charge in [-0.1, -0.05) is 0 Å². The van der Waals surface area contributed by atoms with Crippen LogP contribution in [0.15, 0.2) is 12.1 Å². The van der Waals surface area contributed by atoms with Crippen LogP contribution in [0.2, 0.25) is 0 Å². The number of nitrogens with one attached hydrogen (secondary N) is 2. The van der Waals surface area contributed by atoms with Gasteiger partial charge in [-0.25, -0.2) is 0 Å². The van der Waals surface area contributed by atoms with Crippen molar-refractivity contribution in [1.82, 2.24) is 0 Å². The van der Waals surface area contributed by atoms with Gasteiger partial charge in [-0.05, 0) is 6.07 Å². The van der Waals surface area contributed by atoms with Crippen molar-refractivity contribution in [2.45, 2.75) is 25.4 Å². The lowest BCUT2D eigenvalue weighted by Gasteiger charge is -2.30. The number of piperidine rings is 1. The van der Waals surface area contributed by atoms with Gasteiger partial charge in [0.25, 0.3) is 5.69 Å². The quantitative estimate of drug-likeness (QED) is 0.505. The van der Waals surface area contributed by atoms with Crippen molar-refractivity contribution in [2.24, 2.45) is 0 Å². The molecule has 1 aliphatic heterocycles. The van der Waals surface area contributed by atoms with Gasteiger partial charge < -0.3 is 19.6 Å². The van der Waals surface area contributed by atoms with Gasteiger partial charge in [-0.3, -0.25) is 10.1 Å². The molecule has 1 aromatic carbocycles. The number of quaternary nitrogens is 2. The Morgan fingerprint density at radius 3 is 2.59 bits per heavy atom. The summed E-state index contributed by atoms with van der Waals surface area (Å²) in [7, 11) is 5.67. The van der Waals surface area contributed by atoms with Crippen molar-refractivity contribution in [1.29, 1.82) is 0 Å². The minimum atomic E-state index is -0.656. The zero-order valence-corrected chi connectivity index (χ0v) is 13.3. The monoisotopic (exact) mass is 310 g/mol. The molecule has 1 aromatic rings. The van der Waals surface area contributed by atoms with Gasteiger partial charge in [0.15, 0.2) is 0 Å². The maximum atomic E-state index is 11.8. The highest BCUT2D eigenvalue weighted by Gasteiger charge is 2.26. The summed E-state index contributed by atoms with van der Waals surface area (Å²) in [4.78, 5) is 13.2. The molecule has 122 valence electrons. The number of rotatable bonds is 5. The number of ether oxygens (including phenoxy) is 1. The van der Waals surface area contributed by atoms with Crippen LogP contribution in [-0.4, -0.2) is 45.3 Å². The second kappa shape index (κ2) is 6.93. The first-order valence-corrected chi connectivity index (χ1v) is 7.58. The van der Waals surface area contributed by atoms with Crippen LogP contribution in [0.25, 0.3) is 0 Å². The summed E-state index contributed by atoms with van der Waals surface area (Å²) >= 11 is 0. The van der Waals surface area contributed by atoms with E-state index in [1.54, 1.807) is 11.0 Å². The van der Waals surface area contributed by atoms with Crippen molar-refractivity contribution in [2.75, 3.05) is 34.3 Å². The van der Waals surface area contributed by atoms with E-state index >= 15 is 0 Å². The Morgan fingerprint density at radius 2 is 2.05 bits per heavy atom. The fourth-order valence-electron chi connectivity index (χ4n) is 3.10. The summed E-state index contributed by atoms with van der Waals surface area (Å²) in [6.45, 7) is 2.97. The first-order valence-electron chi connectivity index (χ1n) is 7.58. The zero-order chi connectivity index (χ0) is 16.3. The normalized spacial score (nSPS) is 23.0. The highest BCUT2D eigenvalue weighted by atomic mass is 16.6. The van der Waals surface area contributed by atoms with Gasteiger partial charge in [0.2, 0.25) is 0 Å². The zero-order valence-electron chi connectivity index (χ0n) is 13.3. The maximum Gasteiger partial charge on any atom is 0.265 e. The molecule has 1 fully saturated rings. The lowest BCUT2D eigenvalue weighted by atomic mass is 10.0. The van der Waals surface area contributed by atoms with Crippen LogP contribution in [0.4, 0.5) is 5.69 Å². The predicted molar refractivity (Wildman–Crippen MR) is 79.3 cm³/mol. The lowest BCUT2D eigenvalue weighted by molar-refractivity contribution is -0.948. The third-order valence-corrected chi connectivity index (χ3v) is 4.53. The smallest absolute Gasteiger partial charge is 0.265 e. The van der Waals surface area contributed by atoms with E-state index in [0.717, 1.165) is 31.5 Å². The minimum absolute atomic E-state index is 0.0461. The molecule has 0 saturated carbocycles. The summed E-state index contributed by atoms with van der Waals surface area (Å²) < 4.78 is 4.99. The van der Waals surface area contributed by atoms with E-state index in [-0.39, 0.29) is 5.75 Å². The molecular formula is C15H24N3O4+. The first-order chi connectivity index (χ1) is 10.4. The summed E-state index contributed by atoms with van der Waals surface area (Å²) in [5.41, 5.74) is 0.363. The Labute approximate surface area is 130 Å². The molecule has 1 heterocycles. The molecule has 1 aliphatic rings. The molecule has 2 N–H and O–H groups in total. The summed E-state index contributed by atoms with van der Waals surface area (Å²) in [5, 5.41) is 22.8. The molecule has 22 heavy (non-hydrogen) atoms. The van der Waals surface area contributed by atoms with Crippen LogP contribution in [0.3, 0.4) is 0 Å². The molecular weight excluding hydrogens is 286 g/mol. The van der Waals surface area contributed by atoms with Crippen LogP contribution in [0, 0.1) is 10.1 Å². The molecule has 0 bridgehead atoms. The number of methoxy groups -OCH3 is 1. The highest BCUT2D eigenvalue weighted by molar-refractivity contribution is 5.56. The van der Waals surface area contributed by atoms with Crippen molar-refractivity contribution >= 4 is 5.69 Å². The molecule has 1 atom stereocenters. The largest absolute Gasteiger partial charge is 0.865 e. The van der Waals surface area contributed by atoms with Crippen LogP contribution in [-0.2, 0) is 6.54 Å². The van der Waals surface area contributed by atoms with Gasteiger partial charge >= 0.3 is 0 Å². The Kier molecular flexibility index (Phi) is 5.20. The van der Waals surface area contributed by atoms with Crippen LogP contribution in [0.5, 0.6) is 11.5 Å². The van der Waals surface area contributed by atoms with Crippen molar-refractivity contribution in [3.05, 3.63) is 27.8 Å². The topological polar surface area (TPSA) is 84.3 Å². The molecule has 0 radical (unpaired) electrons. The van der Waals surface area contributed by atoms with Gasteiger partial charge in [0.05, 0.1) is 45.3 Å². The van der Waals surface area contributed by atoms with E-state index in [0.29, 0.717) is 12.6 Å². The van der Waals surface area contributed by atoms with Crippen molar-refractivity contribution in [3.63, 3.8) is 0 Å². The number of hydrogen-bond donors (Lipinski definition) is 2. The Hall–Kier alpha value is -1.86. The average molecular weight is 310 g/mol. The number of benzene rings is 1. The predicted octanol–water partition coefficient (Wildman–Crippen LogP) is -1.63. The number of likely N-dealkylation sites (tertiary alicyclic amines) is 1. The summed E-state index contributed by atoms with van der Waals surface area (Å²) in [5.74, 6) is -0.610. The van der Waals surface area contributed by atoms with Gasteiger partial charge in [-0.15, -0.1) is 0 Å². The van der Waals surface area contributed by atoms with Crippen molar-refractivity contribution in [3.8, 4) is 11.5 Å². The van der Waals surface area contributed by atoms with Gasteiger partial charge in [0.1, 0.15) is 12.3 Å². The van der Waals surface area contributed by atoms with E-state index in [1.165, 1.54) is 18.1 Å². The second-order valence-electron chi connectivity index (χ2n) is 6.16. The average Bonchev–Trinajstić information content (AvgIpc) is 2.49. The molecule has 0 aliphatic carbocycles. The van der Waals surface area contributed by atoms with E-state index in [1.807, 2.05) is 0 Å². The van der Waals surface area contributed by atoms with E-state index < -0.39 is 16.4 Å². The number of nitrogens with zero attached hydrogens (tertiary/aromatic N) is 1. The number of nitro groups is 1. The van der Waals surface area contributed by atoms with Crippen LogP contribution < -0.4 is 19.6 Å². The first kappa shape index (κ1) is 16.5. The minimum Gasteiger partial charge on any atom is -0.865 e. The maximum absolute atomic E-state index is 11.8. The lowest BCUT2D eigenvalue weighted by Crippen LogP contribution is -3.17. The summed E-state index contributed by atoms with van der Waals surface area (Å²) in [6.07, 6.45) is 2.30. The molecule has 2 rings (SSSR count). The standard InChI is InChI=1S/C15H23N3O4/c1-16-6-4-12(5-7-16)17(2)10-11-8-13(18(20)21)15(19)14(9-11)22-3/h8-9,12,19H,4-7,10H2,1-3H3/p+1. The summed E-state index contributed by atoms with van der Waals surface area (Å²) in [6, 6.07) is 3.56. The highest BCUT2D eigenvalue weighted by Crippen LogP contribution is 2.34. The van der Waals surface area contributed by atoms with Gasteiger partial charge in [-0.2, -0.15) is 0 Å². The molecule has 0 spiro atoms. The Bertz CT molecular complexity index is 542. The third-order valence-electron chi connectivity index (χ3n) is 4.53. The fraction of sp³-hybridized carbons (Fsp3) is 0.600. The molecule has 0 aromatic heterocycles. The van der Waals surface area contributed by atoms with Gasteiger partial charge in [0, 0.05) is 30.2 Å². The van der Waals surface area contributed by atoms with E-state index in [4.69, 9.17) is 4.74 Å². The SMILES string of the molecule is COc1cc(C[NH+](C)C2CC[NH+](C)CC2)cc([N+](=O)[O-])c1[O-]. The Balaban J connectivity index is 2.15. The second-order valence-corrected chi connectivity index (χ2v) is 6.16. The molecule has 1 unspecified atom stereocenters. The molecule has 1 saturated heterocycles. The number of nitro benzene ring substituents is 1. The van der Waals surface area contributed by atoms with E-state index in [9.17, 15) is 15.2 Å². The van der Waals surface area contributed by atoms with Crippen LogP contribution in [0.1, 0.15) is 18.4 Å². The Morgan fingerprint density at radius 1 is 1.41 bits per heavy atom. The molecule has 7 nitrogen and oxygen atoms in total. The molecule has 0 amide bonds. The van der Waals surface area contributed by atoms with Crippen LogP contribution >= 0.6 is 0 Å².